The summed E-state index contributed by atoms with van der Waals surface area (Å²) in [6, 6.07) is 18.5. The quantitative estimate of drug-likeness (QED) is 0.0332. The van der Waals surface area contributed by atoms with Gasteiger partial charge in [0.15, 0.2) is 29.2 Å². The van der Waals surface area contributed by atoms with Crippen LogP contribution in [0.3, 0.4) is 0 Å². The number of aromatic amines is 1. The molecule has 0 radical (unpaired) electrons. The number of carbonyl (C=O) groups is 4. The van der Waals surface area contributed by atoms with E-state index in [9.17, 15) is 103 Å². The third-order valence-electron chi connectivity index (χ3n) is 19.3. The molecule has 30 nitrogen and oxygen atoms in total. The predicted molar refractivity (Wildman–Crippen MR) is 420 cm³/mol. The molecule has 10 heterocycles. The van der Waals surface area contributed by atoms with Crippen molar-refractivity contribution in [2.75, 3.05) is 53.9 Å². The maximum absolute atomic E-state index is 13.3. The summed E-state index contributed by atoms with van der Waals surface area (Å²) in [6.45, 7) is 11.8. The van der Waals surface area contributed by atoms with Crippen molar-refractivity contribution >= 4 is 91.4 Å². The third-order valence-corrected chi connectivity index (χ3v) is 21.2. The first-order chi connectivity index (χ1) is 58.9. The highest BCUT2D eigenvalue weighted by molar-refractivity contribution is 7.86. The van der Waals surface area contributed by atoms with Gasteiger partial charge in [-0.1, -0.05) is 39.5 Å². The van der Waals surface area contributed by atoms with Crippen LogP contribution in [0.2, 0.25) is 15.1 Å². The summed E-state index contributed by atoms with van der Waals surface area (Å²) in [5.41, 5.74) is 8.38. The number of esters is 1. The van der Waals surface area contributed by atoms with Gasteiger partial charge in [-0.3, -0.25) is 32.6 Å². The molecule has 8 aromatic heterocycles. The summed E-state index contributed by atoms with van der Waals surface area (Å²) in [5.74, 6) is -4.93. The van der Waals surface area contributed by atoms with Crippen LogP contribution >= 0.6 is 34.8 Å². The number of H-pyrrole nitrogens is 1. The molecule has 14 rings (SSSR count). The highest BCUT2D eigenvalue weighted by Crippen LogP contribution is 2.42. The molecular weight excluding hydrogens is 1830 g/mol. The largest absolute Gasteiger partial charge is 1.00 e. The van der Waals surface area contributed by atoms with E-state index in [1.54, 1.807) is 60.6 Å². The van der Waals surface area contributed by atoms with E-state index >= 15 is 0 Å². The van der Waals surface area contributed by atoms with Gasteiger partial charge in [0.2, 0.25) is 17.6 Å². The third kappa shape index (κ3) is 23.1. The number of aliphatic hydroxyl groups is 1. The average Bonchev–Trinajstić information content (AvgIpc) is 1.74. The van der Waals surface area contributed by atoms with Gasteiger partial charge >= 0.3 is 36.5 Å². The van der Waals surface area contributed by atoms with E-state index in [4.69, 9.17) is 40.5 Å². The van der Waals surface area contributed by atoms with Gasteiger partial charge in [-0.15, -0.1) is 0 Å². The monoisotopic (exact) mass is 1900 g/mol. The number of aromatic nitrogens is 17. The lowest BCUT2D eigenvalue weighted by Crippen LogP contribution is -3.00. The number of carbonyl (C=O) groups excluding carboxylic acids is 4. The highest BCUT2D eigenvalue weighted by atomic mass is 35.5. The number of cyclic esters (lactones) is 1. The number of alkyl halides is 12. The van der Waals surface area contributed by atoms with Gasteiger partial charge in [0.05, 0.1) is 150 Å². The van der Waals surface area contributed by atoms with Crippen molar-refractivity contribution in [2.24, 2.45) is 0 Å². The summed E-state index contributed by atoms with van der Waals surface area (Å²) in [5, 5.41) is 43.3. The number of benzene rings is 4. The number of aliphatic hydroxyl groups excluding tert-OH is 1. The molecule has 2 aliphatic heterocycles. The highest BCUT2D eigenvalue weighted by Gasteiger charge is 2.48. The number of ether oxygens (including phenoxy) is 1. The summed E-state index contributed by atoms with van der Waals surface area (Å²) in [4.78, 5) is 53.9. The van der Waals surface area contributed by atoms with Crippen LogP contribution in [-0.4, -0.2) is 148 Å². The van der Waals surface area contributed by atoms with Crippen LogP contribution in [0, 0.1) is 78.7 Å². The molecule has 51 heteroatoms. The molecule has 6 N–H and O–H groups in total. The van der Waals surface area contributed by atoms with Crippen molar-refractivity contribution in [2.45, 2.75) is 130 Å². The zero-order valence-electron chi connectivity index (χ0n) is 67.4. The maximum Gasteiger partial charge on any atom is 0.485 e. The Morgan fingerprint density at radius 1 is 0.528 bits per heavy atom. The number of nitrogen functional groups attached to an aromatic ring is 1. The Bertz CT molecular complexity index is 6050. The zero-order valence-corrected chi connectivity index (χ0v) is 71.2. The molecule has 682 valence electrons. The standard InChI is InChI=1S/C20H20ClF4N5O4S.C19H18ClF4N5O2.C18H16F4N6O.C10H10FN3.C9H8ClF3N2O2.ClH/c1-11-15(10-26-29(11)14-6-4-13(22)5-7-14)27-19(31)16(8-9-34-35(3,32)33)30-12(2)17(21)18(28-30)20(23,24)25;1-10-14(9-25-28(10)13-5-3-12(21)4-6-13)26-18(31)15(7-8-30)29-11(2)16(20)17(27-29)19(22,23)24;1-10-15(9-23-27(10)13-5-3-12(19)4-6-13)26-8-7-14(16(26)29)28-11(2)24-17(25-28)18(20,21)22;1-7-10(12)6-13-14(7)9-4-2-8(11)3-5-9;1-4-6(10)7(9(11,12)13)14-15(4)5-2-3-17-8(5)16;/h4-7,10,16H,8-9H2,1-3H3,(H,27,31);3-6,9,15,30H,7-8H2,1-2H3,(H,26,31);3-6,9,14H,7-8H2,1-2H3;2-6H,12H2,1H3;5H,2-3H2,1H3;1H. The van der Waals surface area contributed by atoms with E-state index in [0.29, 0.717) is 70.6 Å². The lowest BCUT2D eigenvalue weighted by Gasteiger charge is -2.19. The molecule has 2 fully saturated rings. The molecular formula is C76H73Cl4F16N21O9S. The molecule has 127 heavy (non-hydrogen) atoms. The van der Waals surface area contributed by atoms with Crippen LogP contribution in [0.25, 0.3) is 22.7 Å². The number of amides is 3. The Morgan fingerprint density at radius 3 is 1.27 bits per heavy atom. The molecule has 4 aromatic carbocycles. The van der Waals surface area contributed by atoms with Gasteiger partial charge < -0.3 is 43.5 Å². The number of aryl methyl sites for hydroxylation is 1. The summed E-state index contributed by atoms with van der Waals surface area (Å²) in [7, 11) is -3.87. The van der Waals surface area contributed by atoms with Gasteiger partial charge in [-0.2, -0.15) is 96.8 Å². The van der Waals surface area contributed by atoms with Crippen molar-refractivity contribution in [3.05, 3.63) is 229 Å². The molecule has 0 spiro atoms. The second-order valence-electron chi connectivity index (χ2n) is 27.8. The minimum atomic E-state index is -4.87. The van der Waals surface area contributed by atoms with Crippen LogP contribution in [0.15, 0.2) is 122 Å². The number of hydrogen-bond acceptors (Lipinski definition) is 18. The zero-order chi connectivity index (χ0) is 92.9. The summed E-state index contributed by atoms with van der Waals surface area (Å²) < 4.78 is 250. The first kappa shape index (κ1) is 98.9. The van der Waals surface area contributed by atoms with Crippen LogP contribution in [0.4, 0.5) is 93.0 Å². The molecule has 3 amide bonds. The number of nitrogens with zero attached hydrogens (tertiary/aromatic N) is 17. The van der Waals surface area contributed by atoms with E-state index in [1.165, 1.54) is 133 Å². The Morgan fingerprint density at radius 2 is 0.913 bits per heavy atom. The Balaban J connectivity index is 0.000000185. The number of hydrogen-bond donors (Lipinski definition) is 4. The lowest BCUT2D eigenvalue weighted by atomic mass is 10.2. The van der Waals surface area contributed by atoms with Crippen molar-refractivity contribution in [3.8, 4) is 22.7 Å². The number of nitrogens with one attached hydrogen (secondary N) is 3. The smallest absolute Gasteiger partial charge is 0.485 e. The van der Waals surface area contributed by atoms with Crippen molar-refractivity contribution in [1.82, 2.24) is 78.2 Å². The Hall–Kier alpha value is -11.9. The molecule has 0 bridgehead atoms. The van der Waals surface area contributed by atoms with Gasteiger partial charge in [0, 0.05) is 45.8 Å². The fraction of sp³-hybridized carbons (Fsp3) is 0.329. The summed E-state index contributed by atoms with van der Waals surface area (Å²) in [6.07, 6.45) is -12.3. The fourth-order valence-electron chi connectivity index (χ4n) is 12.8. The maximum atomic E-state index is 13.3. The number of rotatable bonds is 19. The normalized spacial score (nSPS) is 14.6. The van der Waals surface area contributed by atoms with Gasteiger partial charge in [0.1, 0.15) is 35.4 Å². The lowest BCUT2D eigenvalue weighted by molar-refractivity contribution is -0.434. The van der Waals surface area contributed by atoms with E-state index in [0.717, 1.165) is 36.4 Å². The second-order valence-corrected chi connectivity index (χ2v) is 30.6. The summed E-state index contributed by atoms with van der Waals surface area (Å²) >= 11 is 17.2. The van der Waals surface area contributed by atoms with Crippen molar-refractivity contribution in [1.29, 1.82) is 0 Å². The Labute approximate surface area is 730 Å². The second kappa shape index (κ2) is 40.0. The van der Waals surface area contributed by atoms with Gasteiger partial charge in [-0.05, 0) is 146 Å². The number of nitrogens with two attached hydrogens (primary N) is 1. The van der Waals surface area contributed by atoms with E-state index in [1.807, 2.05) is 6.92 Å². The number of anilines is 4. The van der Waals surface area contributed by atoms with Crippen LogP contribution in [0.5, 0.6) is 0 Å². The molecule has 12 aromatic rings. The minimum Gasteiger partial charge on any atom is -1.00 e. The molecule has 0 aliphatic carbocycles. The van der Waals surface area contributed by atoms with E-state index in [2.05, 4.69) is 65.3 Å². The molecule has 2 aliphatic rings. The molecule has 2 saturated heterocycles. The van der Waals surface area contributed by atoms with Crippen molar-refractivity contribution < 1.29 is 129 Å². The first-order valence-corrected chi connectivity index (χ1v) is 39.9. The average molecular weight is 1900 g/mol. The van der Waals surface area contributed by atoms with Crippen molar-refractivity contribution in [3.63, 3.8) is 0 Å². The van der Waals surface area contributed by atoms with E-state index < -0.39 is 140 Å². The number of halogens is 20. The van der Waals surface area contributed by atoms with E-state index in [-0.39, 0.29) is 78.0 Å². The SMILES string of the molecule is Cc1c(Cl)c(C(F)(F)F)nn1C1CCOC1=O.Cc1c(N)cnn1-c1ccc(F)cc1.Cc1c(N2CCC(n3nc(C(F)(F)F)[nH+]c3C)C2=O)cnn1-c1ccc(F)cc1.Cc1c(NC(=O)C(CCO)n2nc(C(F)(F)F)c(Cl)c2C)cnn1-c1ccc(F)cc1.Cc1c(NC(=O)C(CCOS(C)(=O)=O)n2nc(C(F)(F)F)c(Cl)c2C)cnn1-c1ccc(F)cc1.[Cl-]. The van der Waals surface area contributed by atoms with Crippen LogP contribution < -0.4 is 38.7 Å². The van der Waals surface area contributed by atoms with Crippen LogP contribution in [-0.2, 0) is 62.9 Å². The first-order valence-electron chi connectivity index (χ1n) is 36.9. The van der Waals surface area contributed by atoms with Gasteiger partial charge in [-0.25, -0.2) is 46.1 Å². The molecule has 4 atom stereocenters. The predicted octanol–water partition coefficient (Wildman–Crippen LogP) is 12.0. The minimum absolute atomic E-state index is 0. The van der Waals surface area contributed by atoms with Gasteiger partial charge in [0.25, 0.3) is 16.0 Å². The van der Waals surface area contributed by atoms with Crippen LogP contribution in [0.1, 0.15) is 118 Å². The topological polar surface area (TPSA) is 351 Å². The molecule has 4 unspecified atom stereocenters. The fourth-order valence-corrected chi connectivity index (χ4v) is 13.9. The Kier molecular flexibility index (Phi) is 31.1. The molecule has 0 saturated carbocycles.